The zero-order valence-corrected chi connectivity index (χ0v) is 12.8. The number of benzene rings is 2. The molecule has 3 heteroatoms. The molecule has 2 aromatic carbocycles. The summed E-state index contributed by atoms with van der Waals surface area (Å²) in [4.78, 5) is 11.0. The molecule has 2 aromatic rings. The molecule has 1 unspecified atom stereocenters. The van der Waals surface area contributed by atoms with E-state index in [4.69, 9.17) is 5.73 Å². The first-order chi connectivity index (χ1) is 9.97. The van der Waals surface area contributed by atoms with Gasteiger partial charge in [-0.05, 0) is 48.2 Å². The molecule has 0 radical (unpaired) electrons. The van der Waals surface area contributed by atoms with E-state index >= 15 is 0 Å². The number of nitrogens with two attached hydrogens (primary N) is 1. The van der Waals surface area contributed by atoms with Gasteiger partial charge in [-0.2, -0.15) is 0 Å². The van der Waals surface area contributed by atoms with Gasteiger partial charge in [-0.25, -0.2) is 0 Å². The summed E-state index contributed by atoms with van der Waals surface area (Å²) in [5, 5.41) is 3.42. The zero-order chi connectivity index (χ0) is 15.4. The highest BCUT2D eigenvalue weighted by molar-refractivity contribution is 5.93. The fourth-order valence-corrected chi connectivity index (χ4v) is 2.23. The number of anilines is 1. The molecule has 0 saturated carbocycles. The molecule has 3 N–H and O–H groups in total. The van der Waals surface area contributed by atoms with Crippen molar-refractivity contribution in [2.45, 2.75) is 32.7 Å². The molecule has 0 aliphatic carbocycles. The van der Waals surface area contributed by atoms with E-state index in [1.807, 2.05) is 12.1 Å². The predicted octanol–water partition coefficient (Wildman–Crippen LogP) is 4.08. The summed E-state index contributed by atoms with van der Waals surface area (Å²) < 4.78 is 0. The van der Waals surface area contributed by atoms with Gasteiger partial charge < -0.3 is 11.1 Å². The highest BCUT2D eigenvalue weighted by Crippen LogP contribution is 2.22. The Labute approximate surface area is 126 Å². The van der Waals surface area contributed by atoms with Crippen molar-refractivity contribution in [1.82, 2.24) is 0 Å². The number of carbonyl (C=O) groups excluding carboxylic acids is 1. The van der Waals surface area contributed by atoms with E-state index < -0.39 is 5.91 Å². The second-order valence-electron chi connectivity index (χ2n) is 5.63. The highest BCUT2D eigenvalue weighted by Gasteiger charge is 2.07. The summed E-state index contributed by atoms with van der Waals surface area (Å²) in [6, 6.07) is 16.1. The lowest BCUT2D eigenvalue weighted by molar-refractivity contribution is 0.100. The quantitative estimate of drug-likeness (QED) is 0.868. The first-order valence-electron chi connectivity index (χ1n) is 7.23. The molecule has 2 rings (SSSR count). The van der Waals surface area contributed by atoms with Crippen molar-refractivity contribution in [3.63, 3.8) is 0 Å². The minimum Gasteiger partial charge on any atom is -0.379 e. The summed E-state index contributed by atoms with van der Waals surface area (Å²) in [5.74, 6) is 0.141. The standard InChI is InChI=1S/C18H22N2O/c1-12(2)14-4-6-15(7-5-14)13(3)20-17-10-8-16(9-11-17)18(19)21/h4-13,20H,1-3H3,(H2,19,21). The molecule has 110 valence electrons. The van der Waals surface area contributed by atoms with Crippen molar-refractivity contribution in [3.8, 4) is 0 Å². The van der Waals surface area contributed by atoms with E-state index in [1.165, 1.54) is 11.1 Å². The maximum atomic E-state index is 11.0. The fourth-order valence-electron chi connectivity index (χ4n) is 2.23. The van der Waals surface area contributed by atoms with Crippen LogP contribution in [-0.4, -0.2) is 5.91 Å². The zero-order valence-electron chi connectivity index (χ0n) is 12.8. The Bertz CT molecular complexity index is 600. The molecule has 1 amide bonds. The van der Waals surface area contributed by atoms with Gasteiger partial charge in [0.1, 0.15) is 0 Å². The number of nitrogens with one attached hydrogen (secondary N) is 1. The molecule has 0 spiro atoms. The third-order valence-corrected chi connectivity index (χ3v) is 3.66. The second-order valence-corrected chi connectivity index (χ2v) is 5.63. The summed E-state index contributed by atoms with van der Waals surface area (Å²) in [5.41, 5.74) is 9.31. The number of rotatable bonds is 5. The molecule has 0 bridgehead atoms. The van der Waals surface area contributed by atoms with Gasteiger partial charge in [0.15, 0.2) is 0 Å². The van der Waals surface area contributed by atoms with E-state index in [9.17, 15) is 4.79 Å². The lowest BCUT2D eigenvalue weighted by Crippen LogP contribution is -2.11. The predicted molar refractivity (Wildman–Crippen MR) is 87.5 cm³/mol. The largest absolute Gasteiger partial charge is 0.379 e. The number of hydrogen-bond acceptors (Lipinski definition) is 2. The van der Waals surface area contributed by atoms with Crippen LogP contribution in [0.15, 0.2) is 48.5 Å². The lowest BCUT2D eigenvalue weighted by atomic mass is 9.99. The average molecular weight is 282 g/mol. The van der Waals surface area contributed by atoms with Crippen LogP contribution in [-0.2, 0) is 0 Å². The Morgan fingerprint density at radius 2 is 1.43 bits per heavy atom. The Hall–Kier alpha value is -2.29. The molecule has 1 atom stereocenters. The smallest absolute Gasteiger partial charge is 0.248 e. The minimum absolute atomic E-state index is 0.200. The molecular weight excluding hydrogens is 260 g/mol. The number of hydrogen-bond donors (Lipinski definition) is 2. The minimum atomic E-state index is -0.404. The summed E-state index contributed by atoms with van der Waals surface area (Å²) >= 11 is 0. The van der Waals surface area contributed by atoms with Crippen LogP contribution in [0.25, 0.3) is 0 Å². The normalized spacial score (nSPS) is 12.2. The molecule has 3 nitrogen and oxygen atoms in total. The van der Waals surface area contributed by atoms with Crippen molar-refractivity contribution in [2.75, 3.05) is 5.32 Å². The van der Waals surface area contributed by atoms with Gasteiger partial charge in [0.2, 0.25) is 5.91 Å². The highest BCUT2D eigenvalue weighted by atomic mass is 16.1. The van der Waals surface area contributed by atoms with Gasteiger partial charge in [0.05, 0.1) is 0 Å². The van der Waals surface area contributed by atoms with Crippen LogP contribution in [0.2, 0.25) is 0 Å². The van der Waals surface area contributed by atoms with E-state index in [-0.39, 0.29) is 6.04 Å². The Kier molecular flexibility index (Phi) is 4.63. The van der Waals surface area contributed by atoms with Crippen LogP contribution < -0.4 is 11.1 Å². The summed E-state index contributed by atoms with van der Waals surface area (Å²) in [7, 11) is 0. The SMILES string of the molecule is CC(C)c1ccc(C(C)Nc2ccc(C(N)=O)cc2)cc1. The van der Waals surface area contributed by atoms with Crippen LogP contribution in [0.1, 0.15) is 54.2 Å². The molecule has 0 aliphatic heterocycles. The maximum Gasteiger partial charge on any atom is 0.248 e. The van der Waals surface area contributed by atoms with Crippen LogP contribution in [0, 0.1) is 0 Å². The first-order valence-corrected chi connectivity index (χ1v) is 7.23. The third-order valence-electron chi connectivity index (χ3n) is 3.66. The van der Waals surface area contributed by atoms with Gasteiger partial charge in [-0.15, -0.1) is 0 Å². The number of carbonyl (C=O) groups is 1. The van der Waals surface area contributed by atoms with Crippen LogP contribution >= 0.6 is 0 Å². The van der Waals surface area contributed by atoms with Crippen molar-refractivity contribution in [1.29, 1.82) is 0 Å². The third kappa shape index (κ3) is 3.85. The molecule has 0 aliphatic rings. The van der Waals surface area contributed by atoms with E-state index in [2.05, 4.69) is 50.4 Å². The molecule has 21 heavy (non-hydrogen) atoms. The van der Waals surface area contributed by atoms with Gasteiger partial charge in [-0.3, -0.25) is 4.79 Å². The first kappa shape index (κ1) is 15.1. The van der Waals surface area contributed by atoms with Crippen molar-refractivity contribution in [2.24, 2.45) is 5.73 Å². The fraction of sp³-hybridized carbons (Fsp3) is 0.278. The van der Waals surface area contributed by atoms with Gasteiger partial charge in [0, 0.05) is 17.3 Å². The van der Waals surface area contributed by atoms with Gasteiger partial charge >= 0.3 is 0 Å². The van der Waals surface area contributed by atoms with E-state index in [0.717, 1.165) is 5.69 Å². The Morgan fingerprint density at radius 1 is 0.905 bits per heavy atom. The van der Waals surface area contributed by atoms with Gasteiger partial charge in [-0.1, -0.05) is 38.1 Å². The van der Waals surface area contributed by atoms with Crippen molar-refractivity contribution >= 4 is 11.6 Å². The molecule has 0 saturated heterocycles. The summed E-state index contributed by atoms with van der Waals surface area (Å²) in [6.07, 6.45) is 0. The second kappa shape index (κ2) is 6.44. The molecular formula is C18H22N2O. The Balaban J connectivity index is 2.06. The van der Waals surface area contributed by atoms with Crippen LogP contribution in [0.4, 0.5) is 5.69 Å². The van der Waals surface area contributed by atoms with Crippen molar-refractivity contribution in [3.05, 3.63) is 65.2 Å². The van der Waals surface area contributed by atoms with Crippen LogP contribution in [0.3, 0.4) is 0 Å². The molecule has 0 aromatic heterocycles. The van der Waals surface area contributed by atoms with Gasteiger partial charge in [0.25, 0.3) is 0 Å². The lowest BCUT2D eigenvalue weighted by Gasteiger charge is -2.17. The summed E-state index contributed by atoms with van der Waals surface area (Å²) in [6.45, 7) is 6.50. The molecule has 0 fully saturated rings. The average Bonchev–Trinajstić information content (AvgIpc) is 2.47. The number of primary amides is 1. The van der Waals surface area contributed by atoms with Crippen LogP contribution in [0.5, 0.6) is 0 Å². The van der Waals surface area contributed by atoms with E-state index in [0.29, 0.717) is 11.5 Å². The number of amides is 1. The maximum absolute atomic E-state index is 11.0. The molecule has 0 heterocycles. The van der Waals surface area contributed by atoms with Crippen molar-refractivity contribution < 1.29 is 4.79 Å². The monoisotopic (exact) mass is 282 g/mol. The van der Waals surface area contributed by atoms with E-state index in [1.54, 1.807) is 12.1 Å². The Morgan fingerprint density at radius 3 is 1.90 bits per heavy atom. The topological polar surface area (TPSA) is 55.1 Å².